The van der Waals surface area contributed by atoms with Crippen molar-refractivity contribution in [2.45, 2.75) is 75.9 Å². The SMILES string of the molecule is CN1CCC[C@H]1Cc1ccc2cc[nH]c2c1.CN1CCC[C@H]1Cc1ccc2ccn(-c3ccc(F)cc3)c2c1.CN1CCC[C@H]1Cc1ccc2ccn(-c3ccsc3)c2c1. The van der Waals surface area contributed by atoms with Gasteiger partial charge in [0.25, 0.3) is 0 Å². The van der Waals surface area contributed by atoms with E-state index in [-0.39, 0.29) is 5.82 Å². The normalized spacial score (nSPS) is 19.9. The zero-order valence-corrected chi connectivity index (χ0v) is 36.3. The lowest BCUT2D eigenvalue weighted by atomic mass is 10.0. The van der Waals surface area contributed by atoms with Gasteiger partial charge in [0, 0.05) is 53.3 Å². The molecule has 3 aliphatic heterocycles. The van der Waals surface area contributed by atoms with Crippen LogP contribution in [0.2, 0.25) is 0 Å². The molecule has 4 aromatic carbocycles. The summed E-state index contributed by atoms with van der Waals surface area (Å²) in [6.07, 6.45) is 17.7. The van der Waals surface area contributed by atoms with Crippen LogP contribution in [-0.2, 0) is 19.3 Å². The van der Waals surface area contributed by atoms with E-state index in [2.05, 4.69) is 152 Å². The molecule has 0 radical (unpaired) electrons. The number of H-pyrrole nitrogens is 1. The first-order valence-electron chi connectivity index (χ1n) is 22.0. The fourth-order valence-electron chi connectivity index (χ4n) is 9.80. The lowest BCUT2D eigenvalue weighted by molar-refractivity contribution is 0.309. The van der Waals surface area contributed by atoms with Crippen LogP contribution < -0.4 is 0 Å². The fraction of sp³-hybridized carbons (Fsp3) is 0.346. The number of thiophene rings is 1. The van der Waals surface area contributed by atoms with E-state index >= 15 is 0 Å². The predicted octanol–water partition coefficient (Wildman–Crippen LogP) is 11.5. The van der Waals surface area contributed by atoms with Crippen LogP contribution in [0.5, 0.6) is 0 Å². The van der Waals surface area contributed by atoms with E-state index in [1.165, 1.54) is 138 Å². The highest BCUT2D eigenvalue weighted by atomic mass is 32.1. The molecule has 0 spiro atoms. The number of halogens is 1. The smallest absolute Gasteiger partial charge is 0.123 e. The minimum absolute atomic E-state index is 0.199. The van der Waals surface area contributed by atoms with E-state index < -0.39 is 0 Å². The van der Waals surface area contributed by atoms with Gasteiger partial charge in [0.15, 0.2) is 0 Å². The average Bonchev–Trinajstić information content (AvgIpc) is 4.12. The molecule has 8 heteroatoms. The minimum atomic E-state index is -0.199. The molecule has 0 bridgehead atoms. The standard InChI is InChI=1S/C20H21FN2.C18H20N2S.C14H18N2/c1-22-11-2-3-19(22)13-15-4-5-16-10-12-23(20(16)14-15)18-8-6-17(21)7-9-18;1-19-8-2-3-16(19)11-14-4-5-15-6-9-20(18(15)12-14)17-7-10-21-13-17;1-16-8-2-3-13(16)9-11-4-5-12-6-7-15-14(12)10-11/h4-10,12,14,19H,2-3,11,13H2,1H3;4-7,9-10,12-13,16H,2-3,8,11H2,1H3;4-7,10,13,15H,2-3,8-9H2,1H3/t19-;16-;13-/m000/s1. The van der Waals surface area contributed by atoms with Crippen LogP contribution >= 0.6 is 11.3 Å². The Morgan fingerprint density at radius 3 is 1.53 bits per heavy atom. The number of hydrogen-bond acceptors (Lipinski definition) is 4. The van der Waals surface area contributed by atoms with Crippen molar-refractivity contribution in [3.8, 4) is 11.4 Å². The van der Waals surface area contributed by atoms with E-state index in [0.717, 1.165) is 18.2 Å². The highest BCUT2D eigenvalue weighted by Gasteiger charge is 2.23. The van der Waals surface area contributed by atoms with Crippen LogP contribution in [0.4, 0.5) is 4.39 Å². The van der Waals surface area contributed by atoms with Crippen LogP contribution in [0.1, 0.15) is 55.2 Å². The number of aromatic nitrogens is 3. The summed E-state index contributed by atoms with van der Waals surface area (Å²) in [4.78, 5) is 10.7. The van der Waals surface area contributed by atoms with E-state index in [1.807, 2.05) is 18.3 Å². The van der Waals surface area contributed by atoms with Crippen LogP contribution in [0.25, 0.3) is 44.1 Å². The van der Waals surface area contributed by atoms with Crippen molar-refractivity contribution in [1.82, 2.24) is 28.8 Å². The minimum Gasteiger partial charge on any atom is -0.361 e. The monoisotopic (exact) mass is 818 g/mol. The molecule has 3 saturated heterocycles. The number of rotatable bonds is 8. The summed E-state index contributed by atoms with van der Waals surface area (Å²) < 4.78 is 17.6. The molecular formula is C52H59FN6S. The highest BCUT2D eigenvalue weighted by molar-refractivity contribution is 7.08. The number of likely N-dealkylation sites (N-methyl/N-ethyl adjacent to an activating group) is 3. The first-order chi connectivity index (χ1) is 29.3. The summed E-state index contributed by atoms with van der Waals surface area (Å²) in [6, 6.07) is 37.9. The molecule has 3 aliphatic rings. The number of nitrogens with one attached hydrogen (secondary N) is 1. The third kappa shape index (κ3) is 9.18. The van der Waals surface area contributed by atoms with Crippen LogP contribution in [-0.4, -0.2) is 87.7 Å². The predicted molar refractivity (Wildman–Crippen MR) is 251 cm³/mol. The number of fused-ring (bicyclic) bond motifs is 3. The second kappa shape index (κ2) is 18.3. The van der Waals surface area contributed by atoms with Gasteiger partial charge in [-0.1, -0.05) is 36.4 Å². The lowest BCUT2D eigenvalue weighted by Gasteiger charge is -2.19. The van der Waals surface area contributed by atoms with E-state index in [0.29, 0.717) is 12.1 Å². The molecule has 11 rings (SSSR count). The number of aromatic amines is 1. The van der Waals surface area contributed by atoms with Crippen molar-refractivity contribution in [3.63, 3.8) is 0 Å². The summed E-state index contributed by atoms with van der Waals surface area (Å²) in [7, 11) is 6.71. The molecule has 0 unspecified atom stereocenters. The Labute approximate surface area is 358 Å². The fourth-order valence-corrected chi connectivity index (χ4v) is 10.4. The van der Waals surface area contributed by atoms with Crippen LogP contribution in [0.3, 0.4) is 0 Å². The van der Waals surface area contributed by atoms with Gasteiger partial charge in [0.2, 0.25) is 0 Å². The van der Waals surface area contributed by atoms with Crippen molar-refractivity contribution in [2.75, 3.05) is 40.8 Å². The molecule has 1 N–H and O–H groups in total. The van der Waals surface area contributed by atoms with Gasteiger partial charge in [-0.2, -0.15) is 11.3 Å². The Kier molecular flexibility index (Phi) is 12.3. The van der Waals surface area contributed by atoms with Gasteiger partial charge < -0.3 is 28.8 Å². The van der Waals surface area contributed by atoms with Crippen LogP contribution in [0, 0.1) is 5.82 Å². The summed E-state index contributed by atoms with van der Waals surface area (Å²) in [6.45, 7) is 3.71. The zero-order valence-electron chi connectivity index (χ0n) is 35.4. The molecule has 6 nitrogen and oxygen atoms in total. The molecule has 3 atom stereocenters. The molecule has 0 amide bonds. The molecule has 3 fully saturated rings. The van der Waals surface area contributed by atoms with Crippen molar-refractivity contribution in [1.29, 1.82) is 0 Å². The van der Waals surface area contributed by atoms with Crippen LogP contribution in [0.15, 0.2) is 132 Å². The van der Waals surface area contributed by atoms with Gasteiger partial charge in [0.05, 0.1) is 16.7 Å². The molecule has 0 aliphatic carbocycles. The van der Waals surface area contributed by atoms with Crippen molar-refractivity contribution in [2.24, 2.45) is 0 Å². The lowest BCUT2D eigenvalue weighted by Crippen LogP contribution is -2.26. The Morgan fingerprint density at radius 1 is 0.550 bits per heavy atom. The van der Waals surface area contributed by atoms with Crippen molar-refractivity contribution in [3.05, 3.63) is 155 Å². The Balaban J connectivity index is 0.000000117. The van der Waals surface area contributed by atoms with Crippen molar-refractivity contribution >= 4 is 44.0 Å². The van der Waals surface area contributed by atoms with Gasteiger partial charge in [-0.25, -0.2) is 4.39 Å². The summed E-state index contributed by atoms with van der Waals surface area (Å²) in [5.41, 5.74) is 10.3. The molecule has 0 saturated carbocycles. The summed E-state index contributed by atoms with van der Waals surface area (Å²) in [5.74, 6) is -0.199. The first kappa shape index (κ1) is 40.4. The van der Waals surface area contributed by atoms with Crippen molar-refractivity contribution < 1.29 is 4.39 Å². The van der Waals surface area contributed by atoms with E-state index in [9.17, 15) is 4.39 Å². The Bertz CT molecular complexity index is 2620. The number of benzene rings is 4. The maximum Gasteiger partial charge on any atom is 0.123 e. The molecule has 8 aromatic rings. The molecule has 310 valence electrons. The van der Waals surface area contributed by atoms with Gasteiger partial charge >= 0.3 is 0 Å². The third-order valence-corrected chi connectivity index (χ3v) is 14.1. The molecular weight excluding hydrogens is 760 g/mol. The van der Waals surface area contributed by atoms with E-state index in [4.69, 9.17) is 0 Å². The van der Waals surface area contributed by atoms with Gasteiger partial charge in [0.1, 0.15) is 5.82 Å². The highest BCUT2D eigenvalue weighted by Crippen LogP contribution is 2.28. The number of hydrogen-bond donors (Lipinski definition) is 1. The van der Waals surface area contributed by atoms with Gasteiger partial charge in [-0.3, -0.25) is 0 Å². The first-order valence-corrected chi connectivity index (χ1v) is 22.9. The topological polar surface area (TPSA) is 35.4 Å². The largest absolute Gasteiger partial charge is 0.361 e. The molecule has 60 heavy (non-hydrogen) atoms. The maximum atomic E-state index is 13.2. The second-order valence-corrected chi connectivity index (χ2v) is 18.2. The number of likely N-dealkylation sites (tertiary alicyclic amines) is 3. The second-order valence-electron chi connectivity index (χ2n) is 17.5. The molecule has 7 heterocycles. The quantitative estimate of drug-likeness (QED) is 0.166. The Hall–Kier alpha value is -4.99. The third-order valence-electron chi connectivity index (χ3n) is 13.5. The average molecular weight is 819 g/mol. The summed E-state index contributed by atoms with van der Waals surface area (Å²) in [5, 5.41) is 8.20. The van der Waals surface area contributed by atoms with E-state index in [1.54, 1.807) is 11.3 Å². The van der Waals surface area contributed by atoms with Gasteiger partial charge in [-0.05, 0) is 204 Å². The Morgan fingerprint density at radius 2 is 1.05 bits per heavy atom. The maximum absolute atomic E-state index is 13.2. The molecule has 4 aromatic heterocycles. The number of nitrogens with zero attached hydrogens (tertiary/aromatic N) is 5. The zero-order chi connectivity index (χ0) is 41.0. The summed E-state index contributed by atoms with van der Waals surface area (Å²) >= 11 is 1.75. The van der Waals surface area contributed by atoms with Gasteiger partial charge in [-0.15, -0.1) is 0 Å².